The molecule has 2 saturated heterocycles. The fourth-order valence-electron chi connectivity index (χ4n) is 3.81. The number of benzene rings is 1. The SMILES string of the molecule is CS(=O)(=O)Nc1ccccc1-c1ccc(C(=O)N[C@@H]2C[C@@H]3CC[C@@H]2N3)s1. The monoisotopic (exact) mass is 391 g/mol. The quantitative estimate of drug-likeness (QED) is 0.730. The molecule has 0 aliphatic carbocycles. The number of carbonyl (C=O) groups excluding carboxylic acids is 1. The summed E-state index contributed by atoms with van der Waals surface area (Å²) in [5.41, 5.74) is 1.28. The van der Waals surface area contributed by atoms with E-state index in [0.717, 1.165) is 29.5 Å². The first kappa shape index (κ1) is 17.5. The van der Waals surface area contributed by atoms with E-state index >= 15 is 0 Å². The Hall–Kier alpha value is -1.90. The molecule has 26 heavy (non-hydrogen) atoms. The Kier molecular flexibility index (Phi) is 4.50. The van der Waals surface area contributed by atoms with Crippen LogP contribution in [0.25, 0.3) is 10.4 Å². The summed E-state index contributed by atoms with van der Waals surface area (Å²) in [6.45, 7) is 0. The molecule has 4 rings (SSSR count). The van der Waals surface area contributed by atoms with Gasteiger partial charge in [-0.15, -0.1) is 11.3 Å². The number of sulfonamides is 1. The minimum absolute atomic E-state index is 0.0610. The number of anilines is 1. The summed E-state index contributed by atoms with van der Waals surface area (Å²) in [5, 5.41) is 6.66. The maximum Gasteiger partial charge on any atom is 0.261 e. The second-order valence-corrected chi connectivity index (χ2v) is 9.78. The van der Waals surface area contributed by atoms with Crippen LogP contribution in [0.4, 0.5) is 5.69 Å². The van der Waals surface area contributed by atoms with Gasteiger partial charge in [0.1, 0.15) is 0 Å². The van der Waals surface area contributed by atoms with Gasteiger partial charge in [0.25, 0.3) is 5.91 Å². The molecule has 3 heterocycles. The van der Waals surface area contributed by atoms with E-state index in [1.807, 2.05) is 18.2 Å². The third kappa shape index (κ3) is 3.62. The van der Waals surface area contributed by atoms with Crippen molar-refractivity contribution in [1.82, 2.24) is 10.6 Å². The van der Waals surface area contributed by atoms with Crippen LogP contribution in [-0.2, 0) is 10.0 Å². The summed E-state index contributed by atoms with van der Waals surface area (Å²) in [5.74, 6) is -0.0610. The smallest absolute Gasteiger partial charge is 0.261 e. The number of fused-ring (bicyclic) bond motifs is 2. The Morgan fingerprint density at radius 2 is 2.00 bits per heavy atom. The normalized spacial score (nSPS) is 24.6. The highest BCUT2D eigenvalue weighted by molar-refractivity contribution is 7.92. The van der Waals surface area contributed by atoms with Gasteiger partial charge in [0.2, 0.25) is 10.0 Å². The van der Waals surface area contributed by atoms with Gasteiger partial charge in [0.05, 0.1) is 16.8 Å². The molecule has 6 nitrogen and oxygen atoms in total. The van der Waals surface area contributed by atoms with E-state index in [-0.39, 0.29) is 11.9 Å². The maximum atomic E-state index is 12.6. The first-order valence-corrected chi connectivity index (χ1v) is 11.3. The van der Waals surface area contributed by atoms with Crippen molar-refractivity contribution >= 4 is 33.0 Å². The molecule has 2 aromatic rings. The minimum atomic E-state index is -3.37. The highest BCUT2D eigenvalue weighted by atomic mass is 32.2. The molecule has 1 aromatic carbocycles. The van der Waals surface area contributed by atoms with Gasteiger partial charge in [-0.2, -0.15) is 0 Å². The number of amides is 1. The van der Waals surface area contributed by atoms with Crippen LogP contribution in [0.3, 0.4) is 0 Å². The molecule has 0 spiro atoms. The molecule has 0 radical (unpaired) electrons. The number of hydrogen-bond acceptors (Lipinski definition) is 5. The zero-order chi connectivity index (χ0) is 18.3. The van der Waals surface area contributed by atoms with Gasteiger partial charge in [-0.3, -0.25) is 9.52 Å². The number of carbonyl (C=O) groups is 1. The summed E-state index contributed by atoms with van der Waals surface area (Å²) >= 11 is 1.37. The lowest BCUT2D eigenvalue weighted by molar-refractivity contribution is 0.0935. The van der Waals surface area contributed by atoms with E-state index < -0.39 is 10.0 Å². The Labute approximate surface area is 157 Å². The van der Waals surface area contributed by atoms with E-state index in [2.05, 4.69) is 15.4 Å². The molecule has 3 atom stereocenters. The summed E-state index contributed by atoms with van der Waals surface area (Å²) in [7, 11) is -3.37. The predicted octanol–water partition coefficient (Wildman–Crippen LogP) is 2.41. The van der Waals surface area contributed by atoms with Gasteiger partial charge in [-0.05, 0) is 37.5 Å². The first-order valence-electron chi connectivity index (χ1n) is 8.63. The van der Waals surface area contributed by atoms with Gasteiger partial charge in [0, 0.05) is 28.6 Å². The summed E-state index contributed by atoms with van der Waals surface area (Å²) in [4.78, 5) is 14.1. The third-order valence-corrected chi connectivity index (χ3v) is 6.64. The molecule has 2 aliphatic rings. The average Bonchev–Trinajstić information content (AvgIpc) is 3.30. The molecule has 138 valence electrons. The molecule has 2 aliphatic heterocycles. The molecule has 3 N–H and O–H groups in total. The number of nitrogens with one attached hydrogen (secondary N) is 3. The highest BCUT2D eigenvalue weighted by Crippen LogP contribution is 2.34. The fourth-order valence-corrected chi connectivity index (χ4v) is 5.34. The second-order valence-electron chi connectivity index (χ2n) is 6.95. The summed E-state index contributed by atoms with van der Waals surface area (Å²) in [6, 6.07) is 12.0. The maximum absolute atomic E-state index is 12.6. The topological polar surface area (TPSA) is 87.3 Å². The van der Waals surface area contributed by atoms with Gasteiger partial charge in [-0.25, -0.2) is 8.42 Å². The van der Waals surface area contributed by atoms with Crippen molar-refractivity contribution in [3.05, 3.63) is 41.3 Å². The average molecular weight is 392 g/mol. The van der Waals surface area contributed by atoms with Crippen LogP contribution < -0.4 is 15.4 Å². The van der Waals surface area contributed by atoms with Crippen LogP contribution in [0.5, 0.6) is 0 Å². The van der Waals surface area contributed by atoms with Crippen LogP contribution in [-0.4, -0.2) is 38.7 Å². The van der Waals surface area contributed by atoms with Crippen molar-refractivity contribution in [1.29, 1.82) is 0 Å². The molecule has 2 fully saturated rings. The highest BCUT2D eigenvalue weighted by Gasteiger charge is 2.39. The van der Waals surface area contributed by atoms with Crippen molar-refractivity contribution in [3.8, 4) is 10.4 Å². The molecular formula is C18H21N3O3S2. The standard InChI is InChI=1S/C18H21N3O3S2/c1-26(23,24)21-13-5-3-2-4-12(13)16-8-9-17(25-16)18(22)20-15-10-11-6-7-14(15)19-11/h2-5,8-9,11,14-15,19,21H,6-7,10H2,1H3,(H,20,22)/t11-,14-,15+/m0/s1. The van der Waals surface area contributed by atoms with E-state index in [1.54, 1.807) is 18.2 Å². The fraction of sp³-hybridized carbons (Fsp3) is 0.389. The van der Waals surface area contributed by atoms with Crippen LogP contribution in [0, 0.1) is 0 Å². The van der Waals surface area contributed by atoms with Crippen LogP contribution in [0.1, 0.15) is 28.9 Å². The van der Waals surface area contributed by atoms with Crippen molar-refractivity contribution in [3.63, 3.8) is 0 Å². The Morgan fingerprint density at radius 1 is 1.19 bits per heavy atom. The van der Waals surface area contributed by atoms with Gasteiger partial charge >= 0.3 is 0 Å². The molecule has 8 heteroatoms. The second kappa shape index (κ2) is 6.68. The van der Waals surface area contributed by atoms with Crippen LogP contribution in [0.2, 0.25) is 0 Å². The third-order valence-electron chi connectivity index (χ3n) is 4.93. The van der Waals surface area contributed by atoms with E-state index in [0.29, 0.717) is 22.6 Å². The lowest BCUT2D eigenvalue weighted by atomic mass is 9.95. The zero-order valence-corrected chi connectivity index (χ0v) is 16.0. The number of para-hydroxylation sites is 1. The molecule has 1 aromatic heterocycles. The number of rotatable bonds is 5. The van der Waals surface area contributed by atoms with E-state index in [4.69, 9.17) is 0 Å². The van der Waals surface area contributed by atoms with Crippen LogP contribution >= 0.6 is 11.3 Å². The van der Waals surface area contributed by atoms with E-state index in [9.17, 15) is 13.2 Å². The number of thiophene rings is 1. The largest absolute Gasteiger partial charge is 0.347 e. The molecule has 0 unspecified atom stereocenters. The van der Waals surface area contributed by atoms with E-state index in [1.165, 1.54) is 17.8 Å². The lowest BCUT2D eigenvalue weighted by Crippen LogP contribution is -2.42. The van der Waals surface area contributed by atoms with Gasteiger partial charge < -0.3 is 10.6 Å². The Balaban J connectivity index is 1.52. The molecular weight excluding hydrogens is 370 g/mol. The van der Waals surface area contributed by atoms with Gasteiger partial charge in [-0.1, -0.05) is 18.2 Å². The first-order chi connectivity index (χ1) is 12.4. The molecule has 1 amide bonds. The lowest BCUT2D eigenvalue weighted by Gasteiger charge is -2.21. The predicted molar refractivity (Wildman–Crippen MR) is 104 cm³/mol. The Morgan fingerprint density at radius 3 is 2.69 bits per heavy atom. The molecule has 2 bridgehead atoms. The van der Waals surface area contributed by atoms with Crippen LogP contribution in [0.15, 0.2) is 36.4 Å². The Bertz CT molecular complexity index is 939. The number of hydrogen-bond donors (Lipinski definition) is 3. The van der Waals surface area contributed by atoms with Crippen molar-refractivity contribution in [2.24, 2.45) is 0 Å². The van der Waals surface area contributed by atoms with Crippen molar-refractivity contribution in [2.75, 3.05) is 11.0 Å². The zero-order valence-electron chi connectivity index (χ0n) is 14.4. The minimum Gasteiger partial charge on any atom is -0.347 e. The summed E-state index contributed by atoms with van der Waals surface area (Å²) in [6.07, 6.45) is 4.44. The summed E-state index contributed by atoms with van der Waals surface area (Å²) < 4.78 is 25.7. The van der Waals surface area contributed by atoms with Crippen molar-refractivity contribution in [2.45, 2.75) is 37.4 Å². The van der Waals surface area contributed by atoms with Crippen molar-refractivity contribution < 1.29 is 13.2 Å². The molecule has 0 saturated carbocycles. The van der Waals surface area contributed by atoms with Gasteiger partial charge in [0.15, 0.2) is 0 Å².